The lowest BCUT2D eigenvalue weighted by Crippen LogP contribution is -2.06. The molecule has 1 aromatic carbocycles. The van der Waals surface area contributed by atoms with Crippen molar-refractivity contribution in [1.82, 2.24) is 0 Å². The smallest absolute Gasteiger partial charge is 0.335 e. The zero-order valence-electron chi connectivity index (χ0n) is 7.88. The van der Waals surface area contributed by atoms with E-state index in [2.05, 4.69) is 0 Å². The van der Waals surface area contributed by atoms with Crippen LogP contribution in [0.1, 0.15) is 22.8 Å². The molecule has 5 heteroatoms. The maximum absolute atomic E-state index is 13.2. The lowest BCUT2D eigenvalue weighted by Gasteiger charge is -2.04. The highest BCUT2D eigenvalue weighted by molar-refractivity contribution is 5.88. The van der Waals surface area contributed by atoms with E-state index in [-0.39, 0.29) is 6.42 Å². The molecule has 0 bridgehead atoms. The Bertz CT molecular complexity index is 404. The fourth-order valence-electron chi connectivity index (χ4n) is 1.14. The van der Waals surface area contributed by atoms with Crippen LogP contribution in [-0.4, -0.2) is 16.9 Å². The van der Waals surface area contributed by atoms with Gasteiger partial charge in [0.15, 0.2) is 0 Å². The Labute approximate surface area is 84.3 Å². The number of hydrogen-bond acceptors (Lipinski definition) is 2. The first kappa shape index (κ1) is 11.3. The Morgan fingerprint density at radius 3 is 2.07 bits per heavy atom. The number of halogens is 2. The van der Waals surface area contributed by atoms with E-state index in [0.29, 0.717) is 12.1 Å². The average Bonchev–Trinajstić information content (AvgIpc) is 2.10. The van der Waals surface area contributed by atoms with E-state index >= 15 is 0 Å². The molecule has 0 unspecified atom stereocenters. The van der Waals surface area contributed by atoms with E-state index in [1.807, 2.05) is 0 Å². The predicted octanol–water partition coefficient (Wildman–Crippen LogP) is 1.79. The van der Waals surface area contributed by atoms with E-state index in [1.54, 1.807) is 0 Å². The van der Waals surface area contributed by atoms with Crippen LogP contribution in [0.5, 0.6) is 0 Å². The summed E-state index contributed by atoms with van der Waals surface area (Å²) in [4.78, 5) is 21.1. The fraction of sp³-hybridized carbons (Fsp3) is 0.200. The third kappa shape index (κ3) is 2.59. The van der Waals surface area contributed by atoms with Crippen molar-refractivity contribution < 1.29 is 23.5 Å². The van der Waals surface area contributed by atoms with Gasteiger partial charge >= 0.3 is 5.97 Å². The molecule has 0 aliphatic carbocycles. The molecular weight excluding hydrogens is 206 g/mol. The quantitative estimate of drug-likeness (QED) is 0.834. The van der Waals surface area contributed by atoms with Gasteiger partial charge in [0.25, 0.3) is 0 Å². The number of aromatic carboxylic acids is 1. The second kappa shape index (κ2) is 4.16. The van der Waals surface area contributed by atoms with Crippen LogP contribution in [-0.2, 0) is 11.2 Å². The third-order valence-electron chi connectivity index (χ3n) is 1.81. The predicted molar refractivity (Wildman–Crippen MR) is 47.7 cm³/mol. The molecule has 0 aliphatic heterocycles. The van der Waals surface area contributed by atoms with Crippen molar-refractivity contribution >= 4 is 11.8 Å². The minimum absolute atomic E-state index is 0.377. The summed E-state index contributed by atoms with van der Waals surface area (Å²) in [5.41, 5.74) is -0.871. The third-order valence-corrected chi connectivity index (χ3v) is 1.81. The second-order valence-corrected chi connectivity index (χ2v) is 3.10. The first-order chi connectivity index (χ1) is 6.91. The molecule has 1 aromatic rings. The molecule has 0 atom stereocenters. The summed E-state index contributed by atoms with van der Waals surface area (Å²) < 4.78 is 26.4. The van der Waals surface area contributed by atoms with Crippen molar-refractivity contribution in [1.29, 1.82) is 0 Å². The van der Waals surface area contributed by atoms with Gasteiger partial charge in [-0.25, -0.2) is 13.6 Å². The highest BCUT2D eigenvalue weighted by atomic mass is 19.1. The van der Waals surface area contributed by atoms with Crippen molar-refractivity contribution in [2.24, 2.45) is 0 Å². The summed E-state index contributed by atoms with van der Waals surface area (Å²) in [5.74, 6) is -3.83. The molecule has 0 aromatic heterocycles. The lowest BCUT2D eigenvalue weighted by atomic mass is 10.1. The number of carbonyl (C=O) groups excluding carboxylic acids is 1. The van der Waals surface area contributed by atoms with Crippen molar-refractivity contribution in [3.05, 3.63) is 34.9 Å². The topological polar surface area (TPSA) is 54.4 Å². The average molecular weight is 214 g/mol. The number of Topliss-reactive ketones (excluding diaryl/α,β-unsaturated/α-hetero) is 1. The number of hydrogen-bond donors (Lipinski definition) is 1. The first-order valence-corrected chi connectivity index (χ1v) is 4.12. The maximum atomic E-state index is 13.2. The zero-order valence-corrected chi connectivity index (χ0v) is 7.88. The summed E-state index contributed by atoms with van der Waals surface area (Å²) in [6.07, 6.45) is -0.377. The van der Waals surface area contributed by atoms with Gasteiger partial charge in [-0.2, -0.15) is 0 Å². The summed E-state index contributed by atoms with van der Waals surface area (Å²) >= 11 is 0. The van der Waals surface area contributed by atoms with Crippen LogP contribution in [0.25, 0.3) is 0 Å². The highest BCUT2D eigenvalue weighted by Gasteiger charge is 2.15. The maximum Gasteiger partial charge on any atom is 0.335 e. The Hall–Kier alpha value is -1.78. The molecule has 80 valence electrons. The molecule has 0 spiro atoms. The summed E-state index contributed by atoms with van der Waals surface area (Å²) in [6.45, 7) is 1.20. The van der Waals surface area contributed by atoms with Gasteiger partial charge in [-0.05, 0) is 19.1 Å². The molecule has 1 rings (SSSR count). The molecule has 3 nitrogen and oxygen atoms in total. The van der Waals surface area contributed by atoms with Gasteiger partial charge in [0, 0.05) is 12.0 Å². The number of ketones is 1. The molecule has 15 heavy (non-hydrogen) atoms. The van der Waals surface area contributed by atoms with Crippen LogP contribution in [0.2, 0.25) is 0 Å². The molecule has 0 heterocycles. The molecular formula is C10H8F2O3. The van der Waals surface area contributed by atoms with Crippen LogP contribution in [0.3, 0.4) is 0 Å². The van der Waals surface area contributed by atoms with E-state index in [9.17, 15) is 18.4 Å². The monoisotopic (exact) mass is 214 g/mol. The standard InChI is InChI=1S/C10H8F2O3/c1-5(13)2-7-8(11)3-6(10(14)15)4-9(7)12/h3-4H,2H2,1H3,(H,14,15). The Morgan fingerprint density at radius 2 is 1.73 bits per heavy atom. The van der Waals surface area contributed by atoms with E-state index in [1.165, 1.54) is 6.92 Å². The first-order valence-electron chi connectivity index (χ1n) is 4.12. The second-order valence-electron chi connectivity index (χ2n) is 3.10. The van der Waals surface area contributed by atoms with Crippen molar-refractivity contribution in [2.75, 3.05) is 0 Å². The van der Waals surface area contributed by atoms with Gasteiger partial charge in [0.2, 0.25) is 0 Å². The number of rotatable bonds is 3. The lowest BCUT2D eigenvalue weighted by molar-refractivity contribution is -0.116. The van der Waals surface area contributed by atoms with E-state index in [0.717, 1.165) is 0 Å². The van der Waals surface area contributed by atoms with Crippen LogP contribution < -0.4 is 0 Å². The van der Waals surface area contributed by atoms with Crippen LogP contribution in [0.4, 0.5) is 8.78 Å². The zero-order chi connectivity index (χ0) is 11.6. The molecule has 0 fully saturated rings. The van der Waals surface area contributed by atoms with Crippen LogP contribution >= 0.6 is 0 Å². The molecule has 0 radical (unpaired) electrons. The van der Waals surface area contributed by atoms with E-state index < -0.39 is 34.5 Å². The summed E-state index contributed by atoms with van der Waals surface area (Å²) in [5, 5.41) is 8.51. The largest absolute Gasteiger partial charge is 0.478 e. The summed E-state index contributed by atoms with van der Waals surface area (Å²) in [6, 6.07) is 1.40. The Balaban J connectivity index is 3.21. The van der Waals surface area contributed by atoms with Crippen molar-refractivity contribution in [3.8, 4) is 0 Å². The van der Waals surface area contributed by atoms with E-state index in [4.69, 9.17) is 5.11 Å². The van der Waals surface area contributed by atoms with Gasteiger partial charge in [0.1, 0.15) is 17.4 Å². The van der Waals surface area contributed by atoms with Gasteiger partial charge in [-0.15, -0.1) is 0 Å². The number of benzene rings is 1. The molecule has 0 saturated heterocycles. The fourth-order valence-corrected chi connectivity index (χ4v) is 1.14. The highest BCUT2D eigenvalue weighted by Crippen LogP contribution is 2.16. The minimum atomic E-state index is -1.41. The Kier molecular flexibility index (Phi) is 3.14. The molecule has 0 aliphatic rings. The van der Waals surface area contributed by atoms with Gasteiger partial charge in [-0.1, -0.05) is 0 Å². The molecule has 0 saturated carbocycles. The number of carboxylic acids is 1. The van der Waals surface area contributed by atoms with Gasteiger partial charge in [-0.3, -0.25) is 4.79 Å². The minimum Gasteiger partial charge on any atom is -0.478 e. The number of carbonyl (C=O) groups is 2. The SMILES string of the molecule is CC(=O)Cc1c(F)cc(C(=O)O)cc1F. The molecule has 1 N–H and O–H groups in total. The number of carboxylic acid groups (broad SMARTS) is 1. The summed E-state index contributed by atoms with van der Waals surface area (Å²) in [7, 11) is 0. The normalized spacial score (nSPS) is 10.1. The van der Waals surface area contributed by atoms with Crippen molar-refractivity contribution in [2.45, 2.75) is 13.3 Å². The van der Waals surface area contributed by atoms with Crippen LogP contribution in [0, 0.1) is 11.6 Å². The van der Waals surface area contributed by atoms with Gasteiger partial charge in [0.05, 0.1) is 5.56 Å². The van der Waals surface area contributed by atoms with Gasteiger partial charge < -0.3 is 5.11 Å². The Morgan fingerprint density at radius 1 is 1.27 bits per heavy atom. The molecule has 0 amide bonds. The van der Waals surface area contributed by atoms with Crippen molar-refractivity contribution in [3.63, 3.8) is 0 Å². The van der Waals surface area contributed by atoms with Crippen LogP contribution in [0.15, 0.2) is 12.1 Å².